The normalized spacial score (nSPS) is 23.2. The number of carbonyl (C=O) groups excluding carboxylic acids is 1. The van der Waals surface area contributed by atoms with Gasteiger partial charge in [0.2, 0.25) is 5.91 Å². The number of rotatable bonds is 3. The molecule has 1 amide bonds. The van der Waals surface area contributed by atoms with Crippen LogP contribution in [0.2, 0.25) is 0 Å². The number of hydrogen-bond acceptors (Lipinski definition) is 1. The molecular formula is C11H21NO. The summed E-state index contributed by atoms with van der Waals surface area (Å²) in [6.07, 6.45) is 7.42. The quantitative estimate of drug-likeness (QED) is 0.658. The van der Waals surface area contributed by atoms with E-state index >= 15 is 0 Å². The third-order valence-corrected chi connectivity index (χ3v) is 2.92. The maximum absolute atomic E-state index is 11.3. The third-order valence-electron chi connectivity index (χ3n) is 2.92. The molecule has 1 atom stereocenters. The standard InChI is InChI=1S/C11H21NO/c1-3-4-7-11-8-5-6-9-12(11)10(2)13/h11H,3-9H2,1-2H3. The fraction of sp³-hybridized carbons (Fsp3) is 0.909. The molecule has 1 rings (SSSR count). The molecule has 0 aromatic heterocycles. The minimum Gasteiger partial charge on any atom is -0.340 e. The molecular weight excluding hydrogens is 162 g/mol. The monoisotopic (exact) mass is 183 g/mol. The Morgan fingerprint density at radius 2 is 2.23 bits per heavy atom. The minimum atomic E-state index is 0.265. The summed E-state index contributed by atoms with van der Waals surface area (Å²) in [5, 5.41) is 0. The number of carbonyl (C=O) groups is 1. The van der Waals surface area contributed by atoms with Crippen molar-refractivity contribution in [3.05, 3.63) is 0 Å². The number of likely N-dealkylation sites (tertiary alicyclic amines) is 1. The average molecular weight is 183 g/mol. The number of piperidine rings is 1. The van der Waals surface area contributed by atoms with Gasteiger partial charge in [-0.1, -0.05) is 19.8 Å². The molecule has 0 spiro atoms. The molecule has 0 aromatic carbocycles. The molecule has 2 nitrogen and oxygen atoms in total. The summed E-state index contributed by atoms with van der Waals surface area (Å²) in [6.45, 7) is 4.90. The van der Waals surface area contributed by atoms with Gasteiger partial charge in [-0.25, -0.2) is 0 Å². The smallest absolute Gasteiger partial charge is 0.219 e. The molecule has 0 radical (unpaired) electrons. The molecule has 0 saturated carbocycles. The van der Waals surface area contributed by atoms with E-state index in [1.807, 2.05) is 0 Å². The van der Waals surface area contributed by atoms with Gasteiger partial charge < -0.3 is 4.90 Å². The summed E-state index contributed by atoms with van der Waals surface area (Å²) in [6, 6.07) is 0.547. The van der Waals surface area contributed by atoms with Gasteiger partial charge in [-0.3, -0.25) is 4.79 Å². The van der Waals surface area contributed by atoms with Gasteiger partial charge in [0.05, 0.1) is 0 Å². The second-order valence-corrected chi connectivity index (χ2v) is 4.00. The Morgan fingerprint density at radius 3 is 2.85 bits per heavy atom. The maximum atomic E-state index is 11.3. The van der Waals surface area contributed by atoms with E-state index in [1.54, 1.807) is 6.92 Å². The van der Waals surface area contributed by atoms with Crippen molar-refractivity contribution in [2.24, 2.45) is 0 Å². The van der Waals surface area contributed by atoms with E-state index in [9.17, 15) is 4.79 Å². The van der Waals surface area contributed by atoms with Crippen molar-refractivity contribution in [3.63, 3.8) is 0 Å². The first-order chi connectivity index (χ1) is 6.25. The van der Waals surface area contributed by atoms with Crippen LogP contribution in [-0.2, 0) is 4.79 Å². The first kappa shape index (κ1) is 10.6. The zero-order valence-electron chi connectivity index (χ0n) is 8.88. The molecule has 13 heavy (non-hydrogen) atoms. The fourth-order valence-corrected chi connectivity index (χ4v) is 2.16. The van der Waals surface area contributed by atoms with E-state index in [0.717, 1.165) is 6.54 Å². The highest BCUT2D eigenvalue weighted by Crippen LogP contribution is 2.21. The zero-order valence-corrected chi connectivity index (χ0v) is 8.88. The van der Waals surface area contributed by atoms with Crippen molar-refractivity contribution in [3.8, 4) is 0 Å². The molecule has 0 aliphatic carbocycles. The second-order valence-electron chi connectivity index (χ2n) is 4.00. The summed E-state index contributed by atoms with van der Waals surface area (Å²) in [5.74, 6) is 0.265. The van der Waals surface area contributed by atoms with Crippen LogP contribution in [0, 0.1) is 0 Å². The van der Waals surface area contributed by atoms with Gasteiger partial charge in [0, 0.05) is 19.5 Å². The summed E-state index contributed by atoms with van der Waals surface area (Å²) < 4.78 is 0. The van der Waals surface area contributed by atoms with E-state index in [0.29, 0.717) is 6.04 Å². The van der Waals surface area contributed by atoms with Gasteiger partial charge in [-0.05, 0) is 25.7 Å². The highest BCUT2D eigenvalue weighted by molar-refractivity contribution is 5.73. The van der Waals surface area contributed by atoms with E-state index in [-0.39, 0.29) is 5.91 Å². The van der Waals surface area contributed by atoms with Crippen LogP contribution in [-0.4, -0.2) is 23.4 Å². The molecule has 1 unspecified atom stereocenters. The number of unbranched alkanes of at least 4 members (excludes halogenated alkanes) is 1. The third kappa shape index (κ3) is 3.02. The molecule has 1 fully saturated rings. The van der Waals surface area contributed by atoms with Crippen LogP contribution >= 0.6 is 0 Å². The predicted octanol–water partition coefficient (Wildman–Crippen LogP) is 2.58. The largest absolute Gasteiger partial charge is 0.340 e. The molecule has 0 aromatic rings. The van der Waals surface area contributed by atoms with Crippen LogP contribution < -0.4 is 0 Å². The lowest BCUT2D eigenvalue weighted by atomic mass is 9.97. The van der Waals surface area contributed by atoms with Crippen LogP contribution in [0.15, 0.2) is 0 Å². The molecule has 1 heterocycles. The lowest BCUT2D eigenvalue weighted by Crippen LogP contribution is -2.42. The molecule has 2 heteroatoms. The highest BCUT2D eigenvalue weighted by atomic mass is 16.2. The lowest BCUT2D eigenvalue weighted by Gasteiger charge is -2.35. The van der Waals surface area contributed by atoms with E-state index in [4.69, 9.17) is 0 Å². The van der Waals surface area contributed by atoms with Crippen molar-refractivity contribution >= 4 is 5.91 Å². The molecule has 0 N–H and O–H groups in total. The Hall–Kier alpha value is -0.530. The van der Waals surface area contributed by atoms with Crippen molar-refractivity contribution < 1.29 is 4.79 Å². The Balaban J connectivity index is 2.41. The van der Waals surface area contributed by atoms with Gasteiger partial charge in [-0.2, -0.15) is 0 Å². The van der Waals surface area contributed by atoms with Gasteiger partial charge >= 0.3 is 0 Å². The summed E-state index contributed by atoms with van der Waals surface area (Å²) in [7, 11) is 0. The lowest BCUT2D eigenvalue weighted by molar-refractivity contribution is -0.132. The van der Waals surface area contributed by atoms with Crippen molar-refractivity contribution in [2.75, 3.05) is 6.54 Å². The Morgan fingerprint density at radius 1 is 1.46 bits per heavy atom. The van der Waals surface area contributed by atoms with E-state index in [1.165, 1.54) is 38.5 Å². The summed E-state index contributed by atoms with van der Waals surface area (Å²) in [4.78, 5) is 13.4. The van der Waals surface area contributed by atoms with Crippen molar-refractivity contribution in [2.45, 2.75) is 58.4 Å². The predicted molar refractivity (Wildman–Crippen MR) is 54.6 cm³/mol. The molecule has 1 saturated heterocycles. The number of nitrogens with zero attached hydrogens (tertiary/aromatic N) is 1. The number of amides is 1. The SMILES string of the molecule is CCCCC1CCCCN1C(C)=O. The van der Waals surface area contributed by atoms with Crippen LogP contribution in [0.1, 0.15) is 52.4 Å². The van der Waals surface area contributed by atoms with E-state index in [2.05, 4.69) is 11.8 Å². The van der Waals surface area contributed by atoms with Crippen LogP contribution in [0.3, 0.4) is 0 Å². The van der Waals surface area contributed by atoms with Crippen molar-refractivity contribution in [1.82, 2.24) is 4.90 Å². The summed E-state index contributed by atoms with van der Waals surface area (Å²) in [5.41, 5.74) is 0. The highest BCUT2D eigenvalue weighted by Gasteiger charge is 2.23. The average Bonchev–Trinajstić information content (AvgIpc) is 2.15. The van der Waals surface area contributed by atoms with Crippen LogP contribution in [0.5, 0.6) is 0 Å². The first-order valence-corrected chi connectivity index (χ1v) is 5.53. The Bertz CT molecular complexity index is 167. The second kappa shape index (κ2) is 5.25. The topological polar surface area (TPSA) is 20.3 Å². The first-order valence-electron chi connectivity index (χ1n) is 5.53. The van der Waals surface area contributed by atoms with E-state index < -0.39 is 0 Å². The molecule has 76 valence electrons. The molecule has 0 bridgehead atoms. The van der Waals surface area contributed by atoms with Gasteiger partial charge in [0.15, 0.2) is 0 Å². The fourth-order valence-electron chi connectivity index (χ4n) is 2.16. The Kier molecular flexibility index (Phi) is 4.26. The minimum absolute atomic E-state index is 0.265. The van der Waals surface area contributed by atoms with Gasteiger partial charge in [0.1, 0.15) is 0 Å². The van der Waals surface area contributed by atoms with Crippen molar-refractivity contribution in [1.29, 1.82) is 0 Å². The van der Waals surface area contributed by atoms with Crippen LogP contribution in [0.4, 0.5) is 0 Å². The maximum Gasteiger partial charge on any atom is 0.219 e. The summed E-state index contributed by atoms with van der Waals surface area (Å²) >= 11 is 0. The van der Waals surface area contributed by atoms with Gasteiger partial charge in [-0.15, -0.1) is 0 Å². The van der Waals surface area contributed by atoms with Gasteiger partial charge in [0.25, 0.3) is 0 Å². The Labute approximate surface area is 81.3 Å². The zero-order chi connectivity index (χ0) is 9.68. The molecule has 1 aliphatic heterocycles. The molecule has 1 aliphatic rings. The number of hydrogen-bond donors (Lipinski definition) is 0. The van der Waals surface area contributed by atoms with Crippen LogP contribution in [0.25, 0.3) is 0 Å².